The lowest BCUT2D eigenvalue weighted by molar-refractivity contribution is -0.274. The number of alkyl halides is 3. The molecule has 0 radical (unpaired) electrons. The molecule has 0 spiro atoms. The van der Waals surface area contributed by atoms with Crippen LogP contribution in [-0.4, -0.2) is 55.6 Å². The molecule has 33 heavy (non-hydrogen) atoms. The number of imidazole rings is 1. The highest BCUT2D eigenvalue weighted by Crippen LogP contribution is 2.31. The largest absolute Gasteiger partial charge is 0.573 e. The normalized spacial score (nSPS) is 14.5. The second-order valence-corrected chi connectivity index (χ2v) is 8.59. The van der Waals surface area contributed by atoms with Gasteiger partial charge in [0.15, 0.2) is 11.5 Å². The van der Waals surface area contributed by atoms with Crippen molar-refractivity contribution < 1.29 is 27.4 Å². The Labute approximate surface area is 187 Å². The Balaban J connectivity index is 1.66. The molecule has 0 atom stereocenters. The van der Waals surface area contributed by atoms with Gasteiger partial charge in [-0.2, -0.15) is 0 Å². The van der Waals surface area contributed by atoms with Crippen molar-refractivity contribution in [3.63, 3.8) is 0 Å². The number of carbonyl (C=O) groups is 1. The zero-order valence-electron chi connectivity index (χ0n) is 18.5. The number of halogens is 3. The minimum atomic E-state index is -4.77. The van der Waals surface area contributed by atoms with E-state index >= 15 is 0 Å². The third kappa shape index (κ3) is 5.07. The topological polar surface area (TPSA) is 82.4 Å². The summed E-state index contributed by atoms with van der Waals surface area (Å²) in [5, 5.41) is 0. The maximum absolute atomic E-state index is 12.5. The molecule has 1 aliphatic rings. The summed E-state index contributed by atoms with van der Waals surface area (Å²) in [5.74, 6) is 0.0760. The van der Waals surface area contributed by atoms with Crippen LogP contribution < -0.4 is 4.74 Å². The van der Waals surface area contributed by atoms with Crippen molar-refractivity contribution in [2.45, 2.75) is 32.7 Å². The number of hydrogen-bond donors (Lipinski definition) is 0. The summed E-state index contributed by atoms with van der Waals surface area (Å²) < 4.78 is 48.6. The lowest BCUT2D eigenvalue weighted by Crippen LogP contribution is -2.35. The number of hydrogen-bond acceptors (Lipinski definition) is 6. The summed E-state index contributed by atoms with van der Waals surface area (Å²) >= 11 is 0. The summed E-state index contributed by atoms with van der Waals surface area (Å²) in [6.45, 7) is 6.02. The van der Waals surface area contributed by atoms with Gasteiger partial charge in [-0.15, -0.1) is 13.2 Å². The molecule has 0 saturated carbocycles. The van der Waals surface area contributed by atoms with E-state index in [1.165, 1.54) is 24.3 Å². The van der Waals surface area contributed by atoms with Crippen molar-refractivity contribution in [3.8, 4) is 17.0 Å². The van der Waals surface area contributed by atoms with Gasteiger partial charge in [-0.3, -0.25) is 0 Å². The molecule has 4 rings (SSSR count). The van der Waals surface area contributed by atoms with Gasteiger partial charge in [0.05, 0.1) is 12.9 Å². The molecule has 1 amide bonds. The van der Waals surface area contributed by atoms with Crippen LogP contribution in [-0.2, 0) is 11.8 Å². The number of carbonyl (C=O) groups excluding carboxylic acids is 1. The SMILES string of the molecule is Cn1cnc2c(-c3ccc(OC(F)(F)F)cc3)nc(C3=CCN(C(=O)OC(C)(C)C)C3)nc21. The molecular weight excluding hydrogens is 439 g/mol. The van der Waals surface area contributed by atoms with Gasteiger partial charge in [0.2, 0.25) is 0 Å². The third-order valence-electron chi connectivity index (χ3n) is 4.78. The molecule has 0 bridgehead atoms. The van der Waals surface area contributed by atoms with E-state index < -0.39 is 18.1 Å². The van der Waals surface area contributed by atoms with Gasteiger partial charge < -0.3 is 18.9 Å². The molecule has 0 saturated heterocycles. The summed E-state index contributed by atoms with van der Waals surface area (Å²) in [6, 6.07) is 5.41. The number of amides is 1. The molecule has 174 valence electrons. The highest BCUT2D eigenvalue weighted by Gasteiger charge is 2.31. The van der Waals surface area contributed by atoms with E-state index in [0.29, 0.717) is 34.8 Å². The van der Waals surface area contributed by atoms with E-state index in [1.54, 1.807) is 43.6 Å². The first-order valence-corrected chi connectivity index (χ1v) is 10.1. The van der Waals surface area contributed by atoms with Gasteiger partial charge in [-0.1, -0.05) is 6.08 Å². The number of aromatic nitrogens is 4. The van der Waals surface area contributed by atoms with E-state index in [4.69, 9.17) is 4.74 Å². The number of fused-ring (bicyclic) bond motifs is 1. The second kappa shape index (κ2) is 8.05. The minimum Gasteiger partial charge on any atom is -0.444 e. The van der Waals surface area contributed by atoms with E-state index in [0.717, 1.165) is 5.57 Å². The second-order valence-electron chi connectivity index (χ2n) is 8.59. The summed E-state index contributed by atoms with van der Waals surface area (Å²) in [4.78, 5) is 27.5. The van der Waals surface area contributed by atoms with Gasteiger partial charge in [-0.05, 0) is 45.0 Å². The highest BCUT2D eigenvalue weighted by atomic mass is 19.4. The molecule has 8 nitrogen and oxygen atoms in total. The summed E-state index contributed by atoms with van der Waals surface area (Å²) in [6.07, 6.45) is -1.77. The van der Waals surface area contributed by atoms with E-state index in [1.807, 2.05) is 6.08 Å². The Kier molecular flexibility index (Phi) is 5.51. The standard InChI is InChI=1S/C22H22F3N5O3/c1-21(2,3)33-20(31)30-10-9-14(11-30)18-27-16(17-19(28-18)29(4)12-26-17)13-5-7-15(8-6-13)32-22(23,24)25/h5-9,12H,10-11H2,1-4H3. The van der Waals surface area contributed by atoms with Crippen LogP contribution in [0.15, 0.2) is 36.7 Å². The Hall–Kier alpha value is -3.63. The highest BCUT2D eigenvalue weighted by molar-refractivity contribution is 5.89. The zero-order valence-corrected chi connectivity index (χ0v) is 18.5. The number of nitrogens with zero attached hydrogens (tertiary/aromatic N) is 5. The average molecular weight is 461 g/mol. The van der Waals surface area contributed by atoms with Gasteiger partial charge in [0.1, 0.15) is 22.6 Å². The number of aryl methyl sites for hydroxylation is 1. The van der Waals surface area contributed by atoms with Crippen LogP contribution >= 0.6 is 0 Å². The van der Waals surface area contributed by atoms with Crippen LogP contribution in [0.5, 0.6) is 5.75 Å². The van der Waals surface area contributed by atoms with Crippen LogP contribution in [0.25, 0.3) is 28.0 Å². The molecule has 2 aromatic heterocycles. The molecule has 0 aliphatic carbocycles. The van der Waals surface area contributed by atoms with Crippen molar-refractivity contribution in [1.82, 2.24) is 24.4 Å². The lowest BCUT2D eigenvalue weighted by Gasteiger charge is -2.24. The first kappa shape index (κ1) is 22.6. The number of benzene rings is 1. The average Bonchev–Trinajstić information content (AvgIpc) is 3.33. The maximum atomic E-state index is 12.5. The molecule has 0 unspecified atom stereocenters. The van der Waals surface area contributed by atoms with Crippen molar-refractivity contribution in [2.75, 3.05) is 13.1 Å². The maximum Gasteiger partial charge on any atom is 0.573 e. The van der Waals surface area contributed by atoms with Crippen molar-refractivity contribution in [2.24, 2.45) is 7.05 Å². The molecule has 3 heterocycles. The fourth-order valence-corrected chi connectivity index (χ4v) is 3.35. The van der Waals surface area contributed by atoms with Crippen molar-refractivity contribution in [3.05, 3.63) is 42.5 Å². The van der Waals surface area contributed by atoms with Crippen LogP contribution in [0, 0.1) is 0 Å². The molecular formula is C22H22F3N5O3. The Bertz CT molecular complexity index is 1230. The van der Waals surface area contributed by atoms with Gasteiger partial charge in [0, 0.05) is 24.7 Å². The van der Waals surface area contributed by atoms with Crippen molar-refractivity contribution in [1.29, 1.82) is 0 Å². The molecule has 3 aromatic rings. The van der Waals surface area contributed by atoms with Crippen LogP contribution in [0.1, 0.15) is 26.6 Å². The summed E-state index contributed by atoms with van der Waals surface area (Å²) in [5.41, 5.74) is 2.21. The van der Waals surface area contributed by atoms with Gasteiger partial charge >= 0.3 is 12.5 Å². The summed E-state index contributed by atoms with van der Waals surface area (Å²) in [7, 11) is 1.78. The monoisotopic (exact) mass is 461 g/mol. The fourth-order valence-electron chi connectivity index (χ4n) is 3.35. The van der Waals surface area contributed by atoms with E-state index in [2.05, 4.69) is 19.7 Å². The Morgan fingerprint density at radius 3 is 2.42 bits per heavy atom. The van der Waals surface area contributed by atoms with Crippen LogP contribution in [0.2, 0.25) is 0 Å². The number of ether oxygens (including phenoxy) is 2. The quantitative estimate of drug-likeness (QED) is 0.569. The predicted octanol–water partition coefficient (Wildman–Crippen LogP) is 4.56. The van der Waals surface area contributed by atoms with Gasteiger partial charge in [0.25, 0.3) is 0 Å². The molecule has 1 aliphatic heterocycles. The van der Waals surface area contributed by atoms with E-state index in [9.17, 15) is 18.0 Å². The predicted molar refractivity (Wildman–Crippen MR) is 114 cm³/mol. The first-order chi connectivity index (χ1) is 15.4. The molecule has 0 N–H and O–H groups in total. The lowest BCUT2D eigenvalue weighted by atomic mass is 10.1. The van der Waals surface area contributed by atoms with Crippen molar-refractivity contribution >= 4 is 22.8 Å². The third-order valence-corrected chi connectivity index (χ3v) is 4.78. The molecule has 11 heteroatoms. The molecule has 1 aromatic carbocycles. The molecule has 0 fully saturated rings. The minimum absolute atomic E-state index is 0.274. The van der Waals surface area contributed by atoms with E-state index in [-0.39, 0.29) is 12.3 Å². The van der Waals surface area contributed by atoms with Gasteiger partial charge in [-0.25, -0.2) is 19.7 Å². The van der Waals surface area contributed by atoms with Crippen LogP contribution in [0.4, 0.5) is 18.0 Å². The smallest absolute Gasteiger partial charge is 0.444 e. The number of rotatable bonds is 3. The zero-order chi connectivity index (χ0) is 24.0. The first-order valence-electron chi connectivity index (χ1n) is 10.1. The van der Waals surface area contributed by atoms with Crippen LogP contribution in [0.3, 0.4) is 0 Å². The fraction of sp³-hybridized carbons (Fsp3) is 0.364. The Morgan fingerprint density at radius 1 is 1.09 bits per heavy atom. The Morgan fingerprint density at radius 2 is 1.79 bits per heavy atom.